The average Bonchev–Trinajstić information content (AvgIpc) is 3.27. The Morgan fingerprint density at radius 2 is 2.20 bits per heavy atom. The molecule has 3 heterocycles. The number of benzene rings is 1. The fourth-order valence-electron chi connectivity index (χ4n) is 2.98. The molecule has 0 aliphatic heterocycles. The zero-order valence-corrected chi connectivity index (χ0v) is 13.7. The van der Waals surface area contributed by atoms with Crippen molar-refractivity contribution in [3.63, 3.8) is 0 Å². The molecule has 0 radical (unpaired) electrons. The number of hydrogen-bond donors (Lipinski definition) is 2. The maximum atomic E-state index is 12.6. The maximum Gasteiger partial charge on any atom is 0.259 e. The predicted molar refractivity (Wildman–Crippen MR) is 93.0 cm³/mol. The van der Waals surface area contributed by atoms with Crippen molar-refractivity contribution in [3.05, 3.63) is 58.4 Å². The SMILES string of the molecule is Cc1cccc2cc(-c3nccn3CCCc3nn[nH]n3)c(=O)[nH]c12. The van der Waals surface area contributed by atoms with Gasteiger partial charge in [-0.2, -0.15) is 5.21 Å². The van der Waals surface area contributed by atoms with Crippen LogP contribution in [-0.4, -0.2) is 35.2 Å². The number of nitrogens with one attached hydrogen (secondary N) is 2. The summed E-state index contributed by atoms with van der Waals surface area (Å²) in [6.07, 6.45) is 5.13. The van der Waals surface area contributed by atoms with E-state index in [9.17, 15) is 4.79 Å². The molecule has 4 rings (SSSR count). The second-order valence-corrected chi connectivity index (χ2v) is 5.93. The number of aromatic nitrogens is 7. The highest BCUT2D eigenvalue weighted by molar-refractivity contribution is 5.84. The van der Waals surface area contributed by atoms with E-state index in [0.29, 0.717) is 23.6 Å². The van der Waals surface area contributed by atoms with E-state index in [1.54, 1.807) is 6.20 Å². The smallest absolute Gasteiger partial charge is 0.259 e. The molecular formula is C17H17N7O. The minimum absolute atomic E-state index is 0.132. The van der Waals surface area contributed by atoms with Gasteiger partial charge in [0.2, 0.25) is 0 Å². The number of para-hydroxylation sites is 1. The molecule has 4 aromatic rings. The van der Waals surface area contributed by atoms with E-state index >= 15 is 0 Å². The Morgan fingerprint density at radius 3 is 3.04 bits per heavy atom. The molecule has 0 spiro atoms. The summed E-state index contributed by atoms with van der Waals surface area (Å²) in [5.41, 5.74) is 2.35. The number of aryl methyl sites for hydroxylation is 3. The molecule has 25 heavy (non-hydrogen) atoms. The molecule has 0 bridgehead atoms. The first-order chi connectivity index (χ1) is 12.2. The van der Waals surface area contributed by atoms with E-state index in [-0.39, 0.29) is 5.56 Å². The van der Waals surface area contributed by atoms with Crippen LogP contribution in [0.2, 0.25) is 0 Å². The van der Waals surface area contributed by atoms with Crippen LogP contribution in [0.3, 0.4) is 0 Å². The maximum absolute atomic E-state index is 12.6. The van der Waals surface area contributed by atoms with Crippen LogP contribution in [0.5, 0.6) is 0 Å². The van der Waals surface area contributed by atoms with Crippen LogP contribution in [0.4, 0.5) is 0 Å². The molecule has 0 saturated carbocycles. The Bertz CT molecular complexity index is 1060. The lowest BCUT2D eigenvalue weighted by molar-refractivity contribution is 0.633. The average molecular weight is 335 g/mol. The number of fused-ring (bicyclic) bond motifs is 1. The Morgan fingerprint density at radius 1 is 1.28 bits per heavy atom. The van der Waals surface area contributed by atoms with Crippen molar-refractivity contribution >= 4 is 10.9 Å². The van der Waals surface area contributed by atoms with Gasteiger partial charge in [0.15, 0.2) is 5.82 Å². The Balaban J connectivity index is 1.64. The van der Waals surface area contributed by atoms with Gasteiger partial charge in [0.25, 0.3) is 5.56 Å². The second-order valence-electron chi connectivity index (χ2n) is 5.93. The number of hydrogen-bond acceptors (Lipinski definition) is 5. The van der Waals surface area contributed by atoms with Crippen LogP contribution in [0.1, 0.15) is 17.8 Å². The molecule has 3 aromatic heterocycles. The van der Waals surface area contributed by atoms with Crippen molar-refractivity contribution in [1.29, 1.82) is 0 Å². The van der Waals surface area contributed by atoms with E-state index in [4.69, 9.17) is 0 Å². The van der Waals surface area contributed by atoms with Crippen molar-refractivity contribution in [2.75, 3.05) is 0 Å². The largest absolute Gasteiger partial charge is 0.331 e. The summed E-state index contributed by atoms with van der Waals surface area (Å²) in [4.78, 5) is 19.9. The van der Waals surface area contributed by atoms with Gasteiger partial charge in [-0.25, -0.2) is 4.98 Å². The first-order valence-corrected chi connectivity index (χ1v) is 8.09. The first kappa shape index (κ1) is 15.3. The summed E-state index contributed by atoms with van der Waals surface area (Å²) < 4.78 is 1.98. The normalized spacial score (nSPS) is 11.2. The first-order valence-electron chi connectivity index (χ1n) is 8.09. The second kappa shape index (κ2) is 6.31. The number of tetrazole rings is 1. The van der Waals surface area contributed by atoms with Crippen LogP contribution in [0.15, 0.2) is 41.5 Å². The summed E-state index contributed by atoms with van der Waals surface area (Å²) in [5, 5.41) is 14.9. The number of imidazole rings is 1. The Kier molecular flexibility index (Phi) is 3.85. The number of rotatable bonds is 5. The van der Waals surface area contributed by atoms with Crippen LogP contribution in [0, 0.1) is 6.92 Å². The molecule has 8 nitrogen and oxygen atoms in total. The molecule has 8 heteroatoms. The zero-order chi connectivity index (χ0) is 17.2. The summed E-state index contributed by atoms with van der Waals surface area (Å²) >= 11 is 0. The van der Waals surface area contributed by atoms with Crippen molar-refractivity contribution < 1.29 is 0 Å². The highest BCUT2D eigenvalue weighted by atomic mass is 16.1. The van der Waals surface area contributed by atoms with Gasteiger partial charge < -0.3 is 9.55 Å². The van der Waals surface area contributed by atoms with Gasteiger partial charge in [0.1, 0.15) is 5.82 Å². The van der Waals surface area contributed by atoms with Gasteiger partial charge in [-0.3, -0.25) is 4.79 Å². The standard InChI is InChI=1S/C17H17N7O/c1-11-4-2-5-12-10-13(17(25)19-15(11)12)16-18-7-9-24(16)8-3-6-14-20-22-23-21-14/h2,4-5,7,9-10H,3,6,8H2,1H3,(H,19,25)(H,20,21,22,23). The highest BCUT2D eigenvalue weighted by Crippen LogP contribution is 2.20. The zero-order valence-electron chi connectivity index (χ0n) is 13.7. The Labute approximate surface area is 142 Å². The van der Waals surface area contributed by atoms with Gasteiger partial charge in [-0.15, -0.1) is 10.2 Å². The van der Waals surface area contributed by atoms with Gasteiger partial charge in [-0.1, -0.05) is 23.4 Å². The van der Waals surface area contributed by atoms with Crippen LogP contribution >= 0.6 is 0 Å². The number of pyridine rings is 1. The van der Waals surface area contributed by atoms with Gasteiger partial charge >= 0.3 is 0 Å². The molecule has 0 aliphatic rings. The van der Waals surface area contributed by atoms with E-state index in [2.05, 4.69) is 30.6 Å². The summed E-state index contributed by atoms with van der Waals surface area (Å²) in [6.45, 7) is 2.70. The molecule has 0 saturated heterocycles. The van der Waals surface area contributed by atoms with Crippen LogP contribution < -0.4 is 5.56 Å². The predicted octanol–water partition coefficient (Wildman–Crippen LogP) is 1.85. The van der Waals surface area contributed by atoms with E-state index in [1.807, 2.05) is 42.0 Å². The molecule has 2 N–H and O–H groups in total. The lowest BCUT2D eigenvalue weighted by atomic mass is 10.1. The third kappa shape index (κ3) is 2.93. The van der Waals surface area contributed by atoms with Crippen molar-refractivity contribution in [3.8, 4) is 11.4 Å². The van der Waals surface area contributed by atoms with E-state index in [0.717, 1.165) is 29.4 Å². The lowest BCUT2D eigenvalue weighted by Gasteiger charge is -2.08. The monoisotopic (exact) mass is 335 g/mol. The third-order valence-electron chi connectivity index (χ3n) is 4.23. The minimum Gasteiger partial charge on any atom is -0.331 e. The van der Waals surface area contributed by atoms with E-state index in [1.165, 1.54) is 0 Å². The lowest BCUT2D eigenvalue weighted by Crippen LogP contribution is -2.13. The minimum atomic E-state index is -0.132. The molecular weight excluding hydrogens is 318 g/mol. The molecule has 0 aliphatic carbocycles. The van der Waals surface area contributed by atoms with Gasteiger partial charge in [0, 0.05) is 25.4 Å². The van der Waals surface area contributed by atoms with Gasteiger partial charge in [0.05, 0.1) is 11.1 Å². The quantitative estimate of drug-likeness (QED) is 0.579. The summed E-state index contributed by atoms with van der Waals surface area (Å²) in [5.74, 6) is 1.35. The summed E-state index contributed by atoms with van der Waals surface area (Å²) in [7, 11) is 0. The van der Waals surface area contributed by atoms with Crippen molar-refractivity contribution in [2.24, 2.45) is 0 Å². The highest BCUT2D eigenvalue weighted by Gasteiger charge is 2.12. The van der Waals surface area contributed by atoms with Crippen LogP contribution in [-0.2, 0) is 13.0 Å². The van der Waals surface area contributed by atoms with Crippen molar-refractivity contribution in [2.45, 2.75) is 26.3 Å². The number of H-pyrrole nitrogens is 2. The molecule has 0 amide bonds. The summed E-state index contributed by atoms with van der Waals surface area (Å²) in [6, 6.07) is 7.86. The molecule has 0 atom stereocenters. The topological polar surface area (TPSA) is 105 Å². The van der Waals surface area contributed by atoms with Crippen molar-refractivity contribution in [1.82, 2.24) is 35.2 Å². The molecule has 126 valence electrons. The Hall–Kier alpha value is -3.29. The van der Waals surface area contributed by atoms with E-state index < -0.39 is 0 Å². The van der Waals surface area contributed by atoms with Crippen LogP contribution in [0.25, 0.3) is 22.3 Å². The molecule has 0 unspecified atom stereocenters. The third-order valence-corrected chi connectivity index (χ3v) is 4.23. The number of aromatic amines is 2. The fourth-order valence-corrected chi connectivity index (χ4v) is 2.98. The molecule has 0 fully saturated rings. The fraction of sp³-hybridized carbons (Fsp3) is 0.235. The molecule has 1 aromatic carbocycles. The van der Waals surface area contributed by atoms with Gasteiger partial charge in [-0.05, 0) is 30.4 Å². The number of nitrogens with zero attached hydrogens (tertiary/aromatic N) is 5.